The van der Waals surface area contributed by atoms with Crippen molar-refractivity contribution in [1.82, 2.24) is 29.4 Å². The Balaban J connectivity index is 1.59. The highest BCUT2D eigenvalue weighted by Gasteiger charge is 2.19. The maximum absolute atomic E-state index is 5.77. The Kier molecular flexibility index (Phi) is 4.54. The van der Waals surface area contributed by atoms with Gasteiger partial charge in [-0.15, -0.1) is 10.2 Å². The Labute approximate surface area is 179 Å². The molecule has 156 valence electrons. The van der Waals surface area contributed by atoms with E-state index in [1.54, 1.807) is 11.8 Å². The van der Waals surface area contributed by atoms with Crippen molar-refractivity contribution in [3.8, 4) is 39.6 Å². The van der Waals surface area contributed by atoms with Gasteiger partial charge in [-0.05, 0) is 42.3 Å². The van der Waals surface area contributed by atoms with Crippen LogP contribution in [-0.4, -0.2) is 36.5 Å². The number of pyridine rings is 1. The fourth-order valence-corrected chi connectivity index (χ4v) is 3.78. The lowest BCUT2D eigenvalue weighted by molar-refractivity contribution is 0.413. The summed E-state index contributed by atoms with van der Waals surface area (Å²) in [5.74, 6) is 1.76. The molecule has 0 aliphatic rings. The Bertz CT molecular complexity index is 1390. The zero-order valence-corrected chi connectivity index (χ0v) is 17.8. The molecular weight excluding hydrogens is 392 g/mol. The third-order valence-electron chi connectivity index (χ3n) is 5.35. The number of rotatable bonds is 5. The molecule has 0 amide bonds. The van der Waals surface area contributed by atoms with E-state index in [9.17, 15) is 0 Å². The molecule has 0 fully saturated rings. The van der Waals surface area contributed by atoms with Crippen LogP contribution in [0.15, 0.2) is 53.5 Å². The van der Waals surface area contributed by atoms with E-state index in [2.05, 4.69) is 42.9 Å². The number of aryl methyl sites for hydroxylation is 3. The molecule has 0 radical (unpaired) electrons. The molecule has 31 heavy (non-hydrogen) atoms. The van der Waals surface area contributed by atoms with Crippen LogP contribution in [0.25, 0.3) is 39.5 Å². The second kappa shape index (κ2) is 7.39. The fourth-order valence-electron chi connectivity index (χ4n) is 3.78. The van der Waals surface area contributed by atoms with E-state index in [0.717, 1.165) is 39.2 Å². The second-order valence-electron chi connectivity index (χ2n) is 7.41. The van der Waals surface area contributed by atoms with Gasteiger partial charge in [0, 0.05) is 37.0 Å². The quantitative estimate of drug-likeness (QED) is 0.426. The maximum atomic E-state index is 5.77. The summed E-state index contributed by atoms with van der Waals surface area (Å²) in [6.07, 6.45) is 8.43. The maximum Gasteiger partial charge on any atom is 0.251 e. The molecule has 0 unspecified atom stereocenters. The fraction of sp³-hybridized carbons (Fsp3) is 0.217. The SMILES string of the molecule is CCc1nnc(-c2c(C)cc(-c3cnc4cc(-c5cnn(C)c5)ccn34)cc2OC)o1. The topological polar surface area (TPSA) is 83.3 Å². The first-order valence-electron chi connectivity index (χ1n) is 10.0. The molecule has 8 nitrogen and oxygen atoms in total. The van der Waals surface area contributed by atoms with Gasteiger partial charge < -0.3 is 9.15 Å². The van der Waals surface area contributed by atoms with Crippen LogP contribution in [0, 0.1) is 6.92 Å². The van der Waals surface area contributed by atoms with E-state index in [1.807, 2.05) is 51.7 Å². The molecule has 5 rings (SSSR count). The summed E-state index contributed by atoms with van der Waals surface area (Å²) in [6.45, 7) is 4.00. The molecule has 1 aromatic carbocycles. The predicted octanol–water partition coefficient (Wildman–Crippen LogP) is 4.33. The van der Waals surface area contributed by atoms with Crippen LogP contribution in [-0.2, 0) is 13.5 Å². The highest BCUT2D eigenvalue weighted by Crippen LogP contribution is 2.37. The molecule has 4 heterocycles. The van der Waals surface area contributed by atoms with Gasteiger partial charge in [-0.3, -0.25) is 9.08 Å². The molecule has 0 bridgehead atoms. The summed E-state index contributed by atoms with van der Waals surface area (Å²) in [7, 11) is 3.56. The van der Waals surface area contributed by atoms with E-state index in [1.165, 1.54) is 0 Å². The van der Waals surface area contributed by atoms with Crippen molar-refractivity contribution in [3.05, 3.63) is 60.5 Å². The van der Waals surface area contributed by atoms with E-state index in [-0.39, 0.29) is 0 Å². The number of nitrogens with zero attached hydrogens (tertiary/aromatic N) is 6. The lowest BCUT2D eigenvalue weighted by Crippen LogP contribution is -1.95. The van der Waals surface area contributed by atoms with Gasteiger partial charge in [0.25, 0.3) is 5.89 Å². The van der Waals surface area contributed by atoms with Gasteiger partial charge >= 0.3 is 0 Å². The van der Waals surface area contributed by atoms with Crippen molar-refractivity contribution in [2.75, 3.05) is 7.11 Å². The smallest absolute Gasteiger partial charge is 0.251 e. The number of benzene rings is 1. The molecule has 0 saturated heterocycles. The van der Waals surface area contributed by atoms with Gasteiger partial charge in [0.05, 0.1) is 30.8 Å². The van der Waals surface area contributed by atoms with Crippen molar-refractivity contribution in [2.24, 2.45) is 7.05 Å². The molecule has 8 heteroatoms. The summed E-state index contributed by atoms with van der Waals surface area (Å²) in [5.41, 5.74) is 6.76. The van der Waals surface area contributed by atoms with Crippen molar-refractivity contribution in [3.63, 3.8) is 0 Å². The normalized spacial score (nSPS) is 11.4. The average molecular weight is 414 g/mol. The molecule has 0 saturated carbocycles. The van der Waals surface area contributed by atoms with E-state index in [4.69, 9.17) is 9.15 Å². The third kappa shape index (κ3) is 3.26. The Hall–Kier alpha value is -3.94. The van der Waals surface area contributed by atoms with Crippen LogP contribution in [0.1, 0.15) is 18.4 Å². The van der Waals surface area contributed by atoms with Gasteiger partial charge in [-0.2, -0.15) is 5.10 Å². The first-order valence-corrected chi connectivity index (χ1v) is 10.0. The first-order chi connectivity index (χ1) is 15.1. The van der Waals surface area contributed by atoms with Crippen molar-refractivity contribution < 1.29 is 9.15 Å². The van der Waals surface area contributed by atoms with E-state index >= 15 is 0 Å². The summed E-state index contributed by atoms with van der Waals surface area (Å²) in [5, 5.41) is 12.5. The van der Waals surface area contributed by atoms with Crippen LogP contribution >= 0.6 is 0 Å². The first kappa shape index (κ1) is 19.0. The Morgan fingerprint density at radius 1 is 1.06 bits per heavy atom. The lowest BCUT2D eigenvalue weighted by atomic mass is 10.0. The molecule has 0 aliphatic heterocycles. The molecule has 5 aromatic rings. The summed E-state index contributed by atoms with van der Waals surface area (Å²) >= 11 is 0. The van der Waals surface area contributed by atoms with E-state index in [0.29, 0.717) is 24.0 Å². The van der Waals surface area contributed by atoms with Crippen LogP contribution in [0.3, 0.4) is 0 Å². The van der Waals surface area contributed by atoms with Gasteiger partial charge in [0.15, 0.2) is 0 Å². The summed E-state index contributed by atoms with van der Waals surface area (Å²) in [4.78, 5) is 4.62. The lowest BCUT2D eigenvalue weighted by Gasteiger charge is -2.12. The minimum atomic E-state index is 0.469. The van der Waals surface area contributed by atoms with E-state index < -0.39 is 0 Å². The van der Waals surface area contributed by atoms with Crippen molar-refractivity contribution in [1.29, 1.82) is 0 Å². The van der Waals surface area contributed by atoms with Crippen LogP contribution in [0.2, 0.25) is 0 Å². The van der Waals surface area contributed by atoms with Gasteiger partial charge in [0.2, 0.25) is 5.89 Å². The summed E-state index contributed by atoms with van der Waals surface area (Å²) in [6, 6.07) is 8.20. The van der Waals surface area contributed by atoms with Crippen LogP contribution in [0.4, 0.5) is 0 Å². The van der Waals surface area contributed by atoms with Crippen LogP contribution in [0.5, 0.6) is 5.75 Å². The predicted molar refractivity (Wildman–Crippen MR) is 117 cm³/mol. The average Bonchev–Trinajstić information content (AvgIpc) is 3.51. The molecule has 0 spiro atoms. The van der Waals surface area contributed by atoms with Crippen LogP contribution < -0.4 is 4.74 Å². The van der Waals surface area contributed by atoms with Gasteiger partial charge in [-0.25, -0.2) is 4.98 Å². The number of methoxy groups -OCH3 is 1. The number of fused-ring (bicyclic) bond motifs is 1. The second-order valence-corrected chi connectivity index (χ2v) is 7.41. The monoisotopic (exact) mass is 414 g/mol. The highest BCUT2D eigenvalue weighted by atomic mass is 16.5. The number of aromatic nitrogens is 6. The highest BCUT2D eigenvalue weighted by molar-refractivity contribution is 5.76. The third-order valence-corrected chi connectivity index (χ3v) is 5.35. The van der Waals surface area contributed by atoms with Crippen molar-refractivity contribution >= 4 is 5.65 Å². The molecule has 0 N–H and O–H groups in total. The molecule has 4 aromatic heterocycles. The number of hydrogen-bond donors (Lipinski definition) is 0. The molecule has 0 aliphatic carbocycles. The Morgan fingerprint density at radius 2 is 1.94 bits per heavy atom. The minimum absolute atomic E-state index is 0.469. The zero-order valence-electron chi connectivity index (χ0n) is 17.8. The minimum Gasteiger partial charge on any atom is -0.496 e. The zero-order chi connectivity index (χ0) is 21.5. The van der Waals surface area contributed by atoms with Gasteiger partial charge in [0.1, 0.15) is 11.4 Å². The van der Waals surface area contributed by atoms with Gasteiger partial charge in [-0.1, -0.05) is 6.92 Å². The Morgan fingerprint density at radius 3 is 2.65 bits per heavy atom. The standard InChI is InChI=1S/C23H22N6O2/c1-5-21-26-27-23(31-21)22-14(2)8-16(9-19(22)30-4)18-12-24-20-10-15(6-7-29(18)20)17-11-25-28(3)13-17/h6-13H,5H2,1-4H3. The number of imidazole rings is 1. The number of hydrogen-bond acceptors (Lipinski definition) is 6. The molecular formula is C23H22N6O2. The molecule has 0 atom stereocenters. The number of ether oxygens (including phenoxy) is 1. The summed E-state index contributed by atoms with van der Waals surface area (Å²) < 4.78 is 15.3. The largest absolute Gasteiger partial charge is 0.496 e. The van der Waals surface area contributed by atoms with Crippen molar-refractivity contribution in [2.45, 2.75) is 20.3 Å².